The van der Waals surface area contributed by atoms with E-state index in [1.54, 1.807) is 9.80 Å². The van der Waals surface area contributed by atoms with Crippen molar-refractivity contribution in [1.29, 1.82) is 0 Å². The summed E-state index contributed by atoms with van der Waals surface area (Å²) in [5.74, 6) is -0.561. The van der Waals surface area contributed by atoms with Crippen molar-refractivity contribution in [3.63, 3.8) is 0 Å². The molecule has 30 heavy (non-hydrogen) atoms. The number of hydrogen-bond acceptors (Lipinski definition) is 3. The summed E-state index contributed by atoms with van der Waals surface area (Å²) in [6.07, 6.45) is 2.63. The quantitative estimate of drug-likeness (QED) is 0.794. The number of benzene rings is 1. The summed E-state index contributed by atoms with van der Waals surface area (Å²) < 4.78 is 0. The molecule has 0 aliphatic carbocycles. The minimum Gasteiger partial charge on any atom is -0.356 e. The number of urea groups is 1. The molecule has 0 saturated carbocycles. The molecule has 7 heteroatoms. The van der Waals surface area contributed by atoms with Crippen LogP contribution in [0, 0.1) is 5.92 Å². The number of nitrogens with zero attached hydrogens (tertiary/aromatic N) is 3. The lowest BCUT2D eigenvalue weighted by molar-refractivity contribution is -0.145. The summed E-state index contributed by atoms with van der Waals surface area (Å²) in [5, 5.41) is 1.10. The van der Waals surface area contributed by atoms with Crippen molar-refractivity contribution >= 4 is 28.7 Å². The molecule has 5 rings (SSSR count). The maximum Gasteiger partial charge on any atom is 0.328 e. The number of fused-ring (bicyclic) bond motifs is 5. The molecule has 1 aromatic heterocycles. The number of likely N-dealkylation sites (tertiary alicyclic amines) is 1. The maximum atomic E-state index is 13.8. The molecule has 2 atom stereocenters. The first kappa shape index (κ1) is 19.2. The summed E-state index contributed by atoms with van der Waals surface area (Å²) in [6.45, 7) is 7.50. The van der Waals surface area contributed by atoms with Crippen LogP contribution in [0.25, 0.3) is 10.9 Å². The van der Waals surface area contributed by atoms with E-state index >= 15 is 0 Å². The summed E-state index contributed by atoms with van der Waals surface area (Å²) in [4.78, 5) is 48.8. The van der Waals surface area contributed by atoms with Gasteiger partial charge in [-0.1, -0.05) is 32.0 Å². The number of amides is 4. The van der Waals surface area contributed by atoms with E-state index < -0.39 is 11.6 Å². The van der Waals surface area contributed by atoms with Crippen molar-refractivity contribution < 1.29 is 14.4 Å². The maximum absolute atomic E-state index is 13.8. The van der Waals surface area contributed by atoms with Gasteiger partial charge >= 0.3 is 6.03 Å². The minimum atomic E-state index is -1.11. The van der Waals surface area contributed by atoms with Gasteiger partial charge < -0.3 is 14.8 Å². The molecule has 3 aliphatic heterocycles. The average Bonchev–Trinajstić information content (AvgIpc) is 3.42. The van der Waals surface area contributed by atoms with Gasteiger partial charge in [0.15, 0.2) is 5.54 Å². The lowest BCUT2D eigenvalue weighted by Gasteiger charge is -2.36. The molecule has 0 radical (unpaired) electrons. The third-order valence-corrected chi connectivity index (χ3v) is 7.08. The second-order valence-electron chi connectivity index (χ2n) is 9.18. The van der Waals surface area contributed by atoms with Gasteiger partial charge in [0.2, 0.25) is 5.91 Å². The highest BCUT2D eigenvalue weighted by atomic mass is 16.2. The molecule has 4 amide bonds. The van der Waals surface area contributed by atoms with Crippen molar-refractivity contribution in [2.75, 3.05) is 19.6 Å². The molecule has 4 heterocycles. The number of para-hydroxylation sites is 1. The van der Waals surface area contributed by atoms with Crippen LogP contribution in [0.15, 0.2) is 24.3 Å². The third kappa shape index (κ3) is 2.41. The van der Waals surface area contributed by atoms with Gasteiger partial charge in [0, 0.05) is 30.5 Å². The lowest BCUT2D eigenvalue weighted by Crippen LogP contribution is -2.53. The van der Waals surface area contributed by atoms with Gasteiger partial charge in [-0.05, 0) is 43.7 Å². The SMILES string of the molecule is CC(C)[C@@H](C(=O)N1CCCC1)N1C(=O)N2CCc3c([nH]c4ccccc34)[C@@]2(C)C1=O. The molecule has 3 aliphatic rings. The van der Waals surface area contributed by atoms with E-state index in [1.165, 1.54) is 4.90 Å². The highest BCUT2D eigenvalue weighted by molar-refractivity contribution is 6.11. The number of rotatable bonds is 3. The van der Waals surface area contributed by atoms with Gasteiger partial charge in [-0.3, -0.25) is 9.59 Å². The fourth-order valence-corrected chi connectivity index (χ4v) is 5.48. The molecule has 1 N–H and O–H groups in total. The summed E-state index contributed by atoms with van der Waals surface area (Å²) >= 11 is 0. The smallest absolute Gasteiger partial charge is 0.328 e. The largest absolute Gasteiger partial charge is 0.356 e. The number of nitrogens with one attached hydrogen (secondary N) is 1. The Labute approximate surface area is 176 Å². The van der Waals surface area contributed by atoms with Gasteiger partial charge in [0.1, 0.15) is 6.04 Å². The van der Waals surface area contributed by atoms with Gasteiger partial charge in [-0.15, -0.1) is 0 Å². The van der Waals surface area contributed by atoms with Gasteiger partial charge in [-0.2, -0.15) is 0 Å². The van der Waals surface area contributed by atoms with Crippen molar-refractivity contribution in [3.8, 4) is 0 Å². The predicted molar refractivity (Wildman–Crippen MR) is 113 cm³/mol. The van der Waals surface area contributed by atoms with Crippen LogP contribution in [0.2, 0.25) is 0 Å². The van der Waals surface area contributed by atoms with Gasteiger partial charge in [0.25, 0.3) is 5.91 Å². The second-order valence-corrected chi connectivity index (χ2v) is 9.18. The van der Waals surface area contributed by atoms with Gasteiger partial charge in [-0.25, -0.2) is 9.69 Å². The first-order valence-electron chi connectivity index (χ1n) is 10.9. The fraction of sp³-hybridized carbons (Fsp3) is 0.522. The number of hydrogen-bond donors (Lipinski definition) is 1. The first-order valence-corrected chi connectivity index (χ1v) is 10.9. The highest BCUT2D eigenvalue weighted by Gasteiger charge is 2.61. The molecule has 1 aromatic carbocycles. The molecule has 2 saturated heterocycles. The van der Waals surface area contributed by atoms with Crippen LogP contribution >= 0.6 is 0 Å². The van der Waals surface area contributed by atoms with Crippen LogP contribution < -0.4 is 0 Å². The first-order chi connectivity index (χ1) is 14.4. The fourth-order valence-electron chi connectivity index (χ4n) is 5.48. The number of aromatic amines is 1. The topological polar surface area (TPSA) is 76.7 Å². The van der Waals surface area contributed by atoms with E-state index in [4.69, 9.17) is 0 Å². The zero-order chi connectivity index (χ0) is 21.2. The predicted octanol–water partition coefficient (Wildman–Crippen LogP) is 2.85. The molecule has 2 aromatic rings. The zero-order valence-corrected chi connectivity index (χ0v) is 17.8. The summed E-state index contributed by atoms with van der Waals surface area (Å²) in [6, 6.07) is 6.88. The molecule has 0 spiro atoms. The Morgan fingerprint density at radius 3 is 2.50 bits per heavy atom. The van der Waals surface area contributed by atoms with Gasteiger partial charge in [0.05, 0.1) is 5.69 Å². The van der Waals surface area contributed by atoms with Crippen molar-refractivity contribution in [2.45, 2.75) is 51.6 Å². The Bertz CT molecular complexity index is 1050. The molecule has 2 fully saturated rings. The standard InChI is InChI=1S/C23H28N4O3/c1-14(2)18(20(28)25-11-6-7-12-25)27-21(29)23(3)19-16(10-13-26(23)22(27)30)15-8-4-5-9-17(15)24-19/h4-5,8-9,14,18,24H,6-7,10-13H2,1-3H3/t18-,23-/m0/s1. The average molecular weight is 409 g/mol. The molecular formula is C23H28N4O3. The van der Waals surface area contributed by atoms with E-state index in [0.717, 1.165) is 35.0 Å². The summed E-state index contributed by atoms with van der Waals surface area (Å²) in [7, 11) is 0. The Balaban J connectivity index is 1.59. The lowest BCUT2D eigenvalue weighted by atomic mass is 9.86. The Morgan fingerprint density at radius 2 is 1.80 bits per heavy atom. The van der Waals surface area contributed by atoms with E-state index in [2.05, 4.69) is 11.1 Å². The molecule has 0 unspecified atom stereocenters. The summed E-state index contributed by atoms with van der Waals surface area (Å²) in [5.41, 5.74) is 1.74. The third-order valence-electron chi connectivity index (χ3n) is 7.08. The van der Waals surface area contributed by atoms with Crippen LogP contribution in [0.5, 0.6) is 0 Å². The van der Waals surface area contributed by atoms with Crippen LogP contribution in [0.3, 0.4) is 0 Å². The Hall–Kier alpha value is -2.83. The molecule has 0 bridgehead atoms. The monoisotopic (exact) mass is 408 g/mol. The van der Waals surface area contributed by atoms with E-state index in [9.17, 15) is 14.4 Å². The van der Waals surface area contributed by atoms with Crippen molar-refractivity contribution in [3.05, 3.63) is 35.5 Å². The van der Waals surface area contributed by atoms with Crippen LogP contribution in [-0.2, 0) is 21.5 Å². The highest BCUT2D eigenvalue weighted by Crippen LogP contribution is 2.45. The number of carbonyl (C=O) groups excluding carboxylic acids is 3. The van der Waals surface area contributed by atoms with E-state index in [1.807, 2.05) is 39.0 Å². The number of imide groups is 1. The number of aromatic nitrogens is 1. The molecular weight excluding hydrogens is 380 g/mol. The molecule has 158 valence electrons. The zero-order valence-electron chi connectivity index (χ0n) is 17.8. The normalized spacial score (nSPS) is 24.7. The Morgan fingerprint density at radius 1 is 1.10 bits per heavy atom. The number of H-pyrrole nitrogens is 1. The van der Waals surface area contributed by atoms with Crippen LogP contribution in [0.4, 0.5) is 4.79 Å². The Kier molecular flexibility index (Phi) is 4.21. The number of carbonyl (C=O) groups is 3. The van der Waals surface area contributed by atoms with Crippen LogP contribution in [-0.4, -0.2) is 63.2 Å². The van der Waals surface area contributed by atoms with E-state index in [0.29, 0.717) is 26.1 Å². The van der Waals surface area contributed by atoms with Crippen molar-refractivity contribution in [1.82, 2.24) is 19.7 Å². The van der Waals surface area contributed by atoms with E-state index in [-0.39, 0.29) is 23.8 Å². The molecule has 7 nitrogen and oxygen atoms in total. The van der Waals surface area contributed by atoms with Crippen molar-refractivity contribution in [2.24, 2.45) is 5.92 Å². The minimum absolute atomic E-state index is 0.107. The van der Waals surface area contributed by atoms with Crippen LogP contribution in [0.1, 0.15) is 44.9 Å². The second kappa shape index (κ2) is 6.59.